The van der Waals surface area contributed by atoms with E-state index >= 15 is 0 Å². The number of hydrogen-bond donors (Lipinski definition) is 0. The lowest BCUT2D eigenvalue weighted by atomic mass is 9.95. The van der Waals surface area contributed by atoms with E-state index in [4.69, 9.17) is 23.9 Å². The number of esters is 1. The van der Waals surface area contributed by atoms with Crippen LogP contribution in [0.15, 0.2) is 86.2 Å². The van der Waals surface area contributed by atoms with Crippen molar-refractivity contribution in [3.05, 3.63) is 118 Å². The summed E-state index contributed by atoms with van der Waals surface area (Å²) < 4.78 is 26.0. The third-order valence-corrected chi connectivity index (χ3v) is 8.85. The van der Waals surface area contributed by atoms with Crippen LogP contribution in [0, 0.1) is 6.92 Å². The number of fused-ring (bicyclic) bond motifs is 1. The molecule has 234 valence electrons. The van der Waals surface area contributed by atoms with Crippen molar-refractivity contribution in [1.29, 1.82) is 0 Å². The van der Waals surface area contributed by atoms with Crippen LogP contribution >= 0.6 is 27.3 Å². The predicted octanol–water partition coefficient (Wildman–Crippen LogP) is 6.24. The molecule has 4 aromatic rings. The molecule has 0 unspecified atom stereocenters. The molecule has 10 heteroatoms. The number of nitrogens with zero attached hydrogens (tertiary/aromatic N) is 2. The summed E-state index contributed by atoms with van der Waals surface area (Å²) in [5, 5.41) is 0. The molecule has 0 saturated carbocycles. The van der Waals surface area contributed by atoms with Crippen LogP contribution in [0.5, 0.6) is 17.2 Å². The second-order valence-corrected chi connectivity index (χ2v) is 12.7. The fourth-order valence-electron chi connectivity index (χ4n) is 5.07. The molecule has 1 aliphatic rings. The first-order chi connectivity index (χ1) is 21.6. The van der Waals surface area contributed by atoms with Crippen molar-refractivity contribution in [3.63, 3.8) is 0 Å². The Morgan fingerprint density at radius 2 is 1.80 bits per heavy atom. The zero-order valence-electron chi connectivity index (χ0n) is 26.0. The summed E-state index contributed by atoms with van der Waals surface area (Å²) in [4.78, 5) is 32.7. The van der Waals surface area contributed by atoms with Gasteiger partial charge in [0.15, 0.2) is 16.3 Å². The number of hydrogen-bond acceptors (Lipinski definition) is 8. The van der Waals surface area contributed by atoms with Gasteiger partial charge in [-0.3, -0.25) is 9.36 Å². The fraction of sp³-hybridized carbons (Fsp3) is 0.286. The van der Waals surface area contributed by atoms with Crippen LogP contribution < -0.4 is 29.1 Å². The number of para-hydroxylation sites is 1. The molecule has 0 bridgehead atoms. The van der Waals surface area contributed by atoms with Crippen molar-refractivity contribution in [1.82, 2.24) is 4.57 Å². The van der Waals surface area contributed by atoms with E-state index in [1.165, 1.54) is 16.9 Å². The Hall–Kier alpha value is -4.15. The molecule has 5 rings (SSSR count). The van der Waals surface area contributed by atoms with E-state index < -0.39 is 12.0 Å². The Kier molecular flexibility index (Phi) is 9.94. The Bertz CT molecular complexity index is 1940. The van der Waals surface area contributed by atoms with Crippen molar-refractivity contribution in [2.45, 2.75) is 53.4 Å². The first kappa shape index (κ1) is 32.2. The summed E-state index contributed by atoms with van der Waals surface area (Å²) in [6.45, 7) is 9.99. The lowest BCUT2D eigenvalue weighted by Gasteiger charge is -2.26. The summed E-state index contributed by atoms with van der Waals surface area (Å²) in [7, 11) is 1.58. The van der Waals surface area contributed by atoms with Gasteiger partial charge in [0.2, 0.25) is 0 Å². The average molecular weight is 692 g/mol. The molecule has 0 N–H and O–H groups in total. The maximum absolute atomic E-state index is 14.2. The van der Waals surface area contributed by atoms with Gasteiger partial charge < -0.3 is 18.9 Å². The minimum atomic E-state index is -0.784. The molecule has 1 aromatic heterocycles. The number of carbonyl (C=O) groups is 1. The van der Waals surface area contributed by atoms with Crippen LogP contribution in [0.4, 0.5) is 0 Å². The van der Waals surface area contributed by atoms with E-state index in [0.717, 1.165) is 15.6 Å². The van der Waals surface area contributed by atoms with Crippen molar-refractivity contribution >= 4 is 39.3 Å². The Morgan fingerprint density at radius 3 is 2.49 bits per heavy atom. The summed E-state index contributed by atoms with van der Waals surface area (Å²) in [5.41, 5.74) is 4.12. The third kappa shape index (κ3) is 6.92. The standard InChI is InChI=1S/C35H35BrN2O6S/c1-7-42-34(40)31-22(5)37-35-38(32(31)25-10-8-9-11-27(25)44-20(2)3)33(39)30(45-35)17-24-16-28(41-6)29(18-26(24)36)43-19-23-14-12-21(4)13-15-23/h8-18,20,32H,7,19H2,1-6H3/b30-17+/t32-/m1/s1. The Labute approximate surface area is 274 Å². The lowest BCUT2D eigenvalue weighted by molar-refractivity contribution is -0.139. The van der Waals surface area contributed by atoms with Crippen LogP contribution in [0.1, 0.15) is 56.0 Å². The molecule has 0 spiro atoms. The molecular formula is C35H35BrN2O6S. The maximum atomic E-state index is 14.2. The first-order valence-electron chi connectivity index (χ1n) is 14.6. The minimum Gasteiger partial charge on any atom is -0.493 e. The highest BCUT2D eigenvalue weighted by Gasteiger charge is 2.35. The maximum Gasteiger partial charge on any atom is 0.338 e. The molecule has 45 heavy (non-hydrogen) atoms. The largest absolute Gasteiger partial charge is 0.493 e. The highest BCUT2D eigenvalue weighted by atomic mass is 79.9. The number of allylic oxidation sites excluding steroid dienone is 1. The molecule has 0 radical (unpaired) electrons. The van der Waals surface area contributed by atoms with Gasteiger partial charge >= 0.3 is 5.97 Å². The number of ether oxygens (including phenoxy) is 4. The van der Waals surface area contributed by atoms with Crippen LogP contribution in [-0.4, -0.2) is 30.4 Å². The Balaban J connectivity index is 1.60. The fourth-order valence-corrected chi connectivity index (χ4v) is 6.55. The zero-order valence-corrected chi connectivity index (χ0v) is 28.5. The van der Waals surface area contributed by atoms with Crippen LogP contribution in [-0.2, 0) is 16.1 Å². The Morgan fingerprint density at radius 1 is 1.07 bits per heavy atom. The van der Waals surface area contributed by atoms with Crippen LogP contribution in [0.25, 0.3) is 6.08 Å². The number of benzene rings is 3. The molecule has 0 amide bonds. The molecule has 0 fully saturated rings. The summed E-state index contributed by atoms with van der Waals surface area (Å²) in [5.74, 6) is 1.16. The number of carbonyl (C=O) groups excluding carboxylic acids is 1. The van der Waals surface area contributed by atoms with Crippen LogP contribution in [0.3, 0.4) is 0 Å². The highest BCUT2D eigenvalue weighted by Crippen LogP contribution is 2.37. The van der Waals surface area contributed by atoms with Gasteiger partial charge in [0.1, 0.15) is 18.4 Å². The summed E-state index contributed by atoms with van der Waals surface area (Å²) in [6, 6.07) is 18.5. The average Bonchev–Trinajstić information content (AvgIpc) is 3.31. The van der Waals surface area contributed by atoms with E-state index in [-0.39, 0.29) is 18.3 Å². The van der Waals surface area contributed by atoms with E-state index in [1.807, 2.05) is 81.4 Å². The SMILES string of the molecule is CCOC(=O)C1=C(C)N=c2s/c(=C/c3cc(OC)c(OCc4ccc(C)cc4)cc3Br)c(=O)n2[C@@H]1c1ccccc1OC(C)C. The van der Waals surface area contributed by atoms with E-state index in [9.17, 15) is 9.59 Å². The predicted molar refractivity (Wildman–Crippen MR) is 179 cm³/mol. The summed E-state index contributed by atoms with van der Waals surface area (Å²) in [6.07, 6.45) is 1.67. The molecular weight excluding hydrogens is 656 g/mol. The number of aryl methyl sites for hydroxylation is 1. The van der Waals surface area contributed by atoms with Crippen molar-refractivity contribution < 1.29 is 23.7 Å². The van der Waals surface area contributed by atoms with Crippen molar-refractivity contribution in [2.24, 2.45) is 4.99 Å². The van der Waals surface area contributed by atoms with E-state index in [0.29, 0.717) is 50.0 Å². The van der Waals surface area contributed by atoms with Crippen LogP contribution in [0.2, 0.25) is 0 Å². The quantitative estimate of drug-likeness (QED) is 0.183. The zero-order chi connectivity index (χ0) is 32.2. The van der Waals surface area contributed by atoms with Gasteiger partial charge in [-0.25, -0.2) is 9.79 Å². The second-order valence-electron chi connectivity index (χ2n) is 10.8. The number of halogens is 1. The van der Waals surface area contributed by atoms with Gasteiger partial charge in [-0.2, -0.15) is 0 Å². The third-order valence-electron chi connectivity index (χ3n) is 7.18. The number of methoxy groups -OCH3 is 1. The number of rotatable bonds is 10. The number of thiazole rings is 1. The summed E-state index contributed by atoms with van der Waals surface area (Å²) >= 11 is 4.91. The molecule has 2 heterocycles. The highest BCUT2D eigenvalue weighted by molar-refractivity contribution is 9.10. The van der Waals surface area contributed by atoms with Gasteiger partial charge in [-0.1, -0.05) is 75.3 Å². The lowest BCUT2D eigenvalue weighted by Crippen LogP contribution is -2.40. The topological polar surface area (TPSA) is 88.4 Å². The molecule has 8 nitrogen and oxygen atoms in total. The molecule has 0 aliphatic carbocycles. The van der Waals surface area contributed by atoms with Crippen molar-refractivity contribution in [2.75, 3.05) is 13.7 Å². The van der Waals surface area contributed by atoms with Gasteiger partial charge in [0, 0.05) is 10.0 Å². The van der Waals surface area contributed by atoms with Gasteiger partial charge in [0.25, 0.3) is 5.56 Å². The normalized spacial score (nSPS) is 14.7. The smallest absolute Gasteiger partial charge is 0.338 e. The van der Waals surface area contributed by atoms with Gasteiger partial charge in [-0.05, 0) is 70.0 Å². The molecule has 0 saturated heterocycles. The molecule has 1 atom stereocenters. The van der Waals surface area contributed by atoms with Gasteiger partial charge in [0.05, 0.1) is 35.6 Å². The van der Waals surface area contributed by atoms with Crippen molar-refractivity contribution in [3.8, 4) is 17.2 Å². The first-order valence-corrected chi connectivity index (χ1v) is 16.2. The van der Waals surface area contributed by atoms with E-state index in [2.05, 4.69) is 15.9 Å². The molecule has 1 aliphatic heterocycles. The van der Waals surface area contributed by atoms with E-state index in [1.54, 1.807) is 31.6 Å². The van der Waals surface area contributed by atoms with Gasteiger partial charge in [-0.15, -0.1) is 0 Å². The minimum absolute atomic E-state index is 0.116. The molecule has 3 aromatic carbocycles. The number of aromatic nitrogens is 1. The monoisotopic (exact) mass is 690 g/mol. The second kappa shape index (κ2) is 13.9.